The lowest BCUT2D eigenvalue weighted by Gasteiger charge is -2.07. The van der Waals surface area contributed by atoms with Gasteiger partial charge >= 0.3 is 0 Å². The fourth-order valence-corrected chi connectivity index (χ4v) is 3.23. The molecule has 2 aromatic rings. The lowest BCUT2D eigenvalue weighted by Crippen LogP contribution is -2.15. The molecule has 0 atom stereocenters. The van der Waals surface area contributed by atoms with E-state index in [9.17, 15) is 12.8 Å². The highest BCUT2D eigenvalue weighted by atomic mass is 79.9. The average molecular weight is 332 g/mol. The Morgan fingerprint density at radius 1 is 1.22 bits per heavy atom. The number of anilines is 1. The molecule has 18 heavy (non-hydrogen) atoms. The molecule has 8 heteroatoms. The predicted octanol–water partition coefficient (Wildman–Crippen LogP) is 2.18. The maximum absolute atomic E-state index is 12.9. The Hall–Kier alpha value is -1.54. The van der Waals surface area contributed by atoms with Crippen LogP contribution in [0.15, 0.2) is 46.0 Å². The van der Waals surface area contributed by atoms with E-state index in [1.54, 1.807) is 6.07 Å². The van der Waals surface area contributed by atoms with Gasteiger partial charge < -0.3 is 0 Å². The van der Waals surface area contributed by atoms with Crippen LogP contribution in [0.4, 0.5) is 10.3 Å². The number of aromatic nitrogens is 2. The molecule has 1 heterocycles. The molecule has 0 unspecified atom stereocenters. The zero-order valence-electron chi connectivity index (χ0n) is 8.84. The molecule has 1 aromatic heterocycles. The summed E-state index contributed by atoms with van der Waals surface area (Å²) in [4.78, 5) is 7.41. The normalized spacial score (nSPS) is 11.2. The van der Waals surface area contributed by atoms with Crippen LogP contribution < -0.4 is 4.72 Å². The predicted molar refractivity (Wildman–Crippen MR) is 66.9 cm³/mol. The van der Waals surface area contributed by atoms with Crippen molar-refractivity contribution in [3.8, 4) is 0 Å². The van der Waals surface area contributed by atoms with Crippen LogP contribution in [-0.4, -0.2) is 18.4 Å². The smallest absolute Gasteiger partial charge is 0.247 e. The van der Waals surface area contributed by atoms with Crippen molar-refractivity contribution in [1.29, 1.82) is 0 Å². The average Bonchev–Trinajstić information content (AvgIpc) is 2.29. The van der Waals surface area contributed by atoms with E-state index < -0.39 is 15.8 Å². The van der Waals surface area contributed by atoms with E-state index in [1.807, 2.05) is 0 Å². The molecule has 1 aromatic carbocycles. The minimum absolute atomic E-state index is 0.0475. The molecule has 0 aliphatic heterocycles. The first-order chi connectivity index (χ1) is 8.49. The van der Waals surface area contributed by atoms with Crippen molar-refractivity contribution in [2.24, 2.45) is 0 Å². The first-order valence-corrected chi connectivity index (χ1v) is 7.01. The molecule has 94 valence electrons. The highest BCUT2D eigenvalue weighted by molar-refractivity contribution is 9.10. The maximum atomic E-state index is 12.9. The molecule has 0 amide bonds. The molecule has 0 radical (unpaired) electrons. The number of benzene rings is 1. The fourth-order valence-electron chi connectivity index (χ4n) is 1.22. The van der Waals surface area contributed by atoms with E-state index in [4.69, 9.17) is 0 Å². The van der Waals surface area contributed by atoms with E-state index in [0.29, 0.717) is 0 Å². The second-order valence-electron chi connectivity index (χ2n) is 3.25. The van der Waals surface area contributed by atoms with Gasteiger partial charge in [-0.3, -0.25) is 0 Å². The number of hydrogen-bond donors (Lipinski definition) is 1. The molecule has 0 fully saturated rings. The molecule has 0 bridgehead atoms. The molecule has 5 nitrogen and oxygen atoms in total. The number of hydrogen-bond acceptors (Lipinski definition) is 4. The number of nitrogens with zero attached hydrogens (tertiary/aromatic N) is 2. The van der Waals surface area contributed by atoms with Gasteiger partial charge in [0.05, 0.1) is 0 Å². The summed E-state index contributed by atoms with van der Waals surface area (Å²) >= 11 is 3.00. The van der Waals surface area contributed by atoms with Crippen LogP contribution in [0.3, 0.4) is 0 Å². The van der Waals surface area contributed by atoms with Gasteiger partial charge in [0.2, 0.25) is 5.95 Å². The largest absolute Gasteiger partial charge is 0.265 e. The van der Waals surface area contributed by atoms with E-state index in [-0.39, 0.29) is 15.3 Å². The van der Waals surface area contributed by atoms with Crippen molar-refractivity contribution in [2.75, 3.05) is 4.72 Å². The molecular weight excluding hydrogens is 325 g/mol. The van der Waals surface area contributed by atoms with Gasteiger partial charge in [0, 0.05) is 16.9 Å². The third-order valence-corrected chi connectivity index (χ3v) is 4.28. The number of rotatable bonds is 3. The third kappa shape index (κ3) is 2.82. The monoisotopic (exact) mass is 331 g/mol. The molecule has 0 aliphatic carbocycles. The fraction of sp³-hybridized carbons (Fsp3) is 0. The summed E-state index contributed by atoms with van der Waals surface area (Å²) < 4.78 is 39.2. The Bertz CT molecular complexity index is 664. The lowest BCUT2D eigenvalue weighted by molar-refractivity contribution is 0.598. The minimum atomic E-state index is -3.85. The first kappa shape index (κ1) is 12.9. The van der Waals surface area contributed by atoms with Crippen LogP contribution in [0.25, 0.3) is 0 Å². The lowest BCUT2D eigenvalue weighted by atomic mass is 10.3. The van der Waals surface area contributed by atoms with Crippen molar-refractivity contribution >= 4 is 31.9 Å². The van der Waals surface area contributed by atoms with Gasteiger partial charge in [0.1, 0.15) is 10.7 Å². The first-order valence-electron chi connectivity index (χ1n) is 4.74. The highest BCUT2D eigenvalue weighted by Crippen LogP contribution is 2.23. The molecule has 0 aliphatic rings. The van der Waals surface area contributed by atoms with Crippen LogP contribution in [0.1, 0.15) is 0 Å². The molecular formula is C10H7BrFN3O2S. The summed E-state index contributed by atoms with van der Waals surface area (Å²) in [5.41, 5.74) is 0. The summed E-state index contributed by atoms with van der Waals surface area (Å²) in [5.74, 6) is -0.578. The highest BCUT2D eigenvalue weighted by Gasteiger charge is 2.19. The molecule has 0 saturated carbocycles. The van der Waals surface area contributed by atoms with Crippen molar-refractivity contribution in [1.82, 2.24) is 9.97 Å². The quantitative estimate of drug-likeness (QED) is 0.935. The Balaban J connectivity index is 2.37. The minimum Gasteiger partial charge on any atom is -0.247 e. The Morgan fingerprint density at radius 2 is 1.89 bits per heavy atom. The Morgan fingerprint density at radius 3 is 2.50 bits per heavy atom. The van der Waals surface area contributed by atoms with Gasteiger partial charge in [-0.15, -0.1) is 0 Å². The van der Waals surface area contributed by atoms with Crippen LogP contribution in [0, 0.1) is 5.82 Å². The second-order valence-corrected chi connectivity index (χ2v) is 5.76. The van der Waals surface area contributed by atoms with E-state index in [0.717, 1.165) is 18.2 Å². The van der Waals surface area contributed by atoms with Crippen LogP contribution in [-0.2, 0) is 10.0 Å². The Labute approximate surface area is 111 Å². The topological polar surface area (TPSA) is 72.0 Å². The molecule has 2 rings (SSSR count). The van der Waals surface area contributed by atoms with Crippen molar-refractivity contribution in [3.05, 3.63) is 46.9 Å². The summed E-state index contributed by atoms with van der Waals surface area (Å²) in [6.45, 7) is 0. The number of nitrogens with one attached hydrogen (secondary N) is 1. The zero-order valence-corrected chi connectivity index (χ0v) is 11.2. The standard InChI is InChI=1S/C10H7BrFN3O2S/c11-8-6-7(12)2-3-9(8)18(16,17)15-10-13-4-1-5-14-10/h1-6H,(H,13,14,15). The molecule has 0 saturated heterocycles. The van der Waals surface area contributed by atoms with E-state index in [1.165, 1.54) is 12.4 Å². The summed E-state index contributed by atoms with van der Waals surface area (Å²) in [5, 5.41) is 0. The van der Waals surface area contributed by atoms with E-state index in [2.05, 4.69) is 30.6 Å². The Kier molecular flexibility index (Phi) is 3.58. The van der Waals surface area contributed by atoms with Crippen molar-refractivity contribution in [2.45, 2.75) is 4.90 Å². The van der Waals surface area contributed by atoms with Gasteiger partial charge in [-0.25, -0.2) is 27.5 Å². The number of halogens is 2. The second kappa shape index (κ2) is 4.99. The number of sulfonamides is 1. The summed E-state index contributed by atoms with van der Waals surface area (Å²) in [6.07, 6.45) is 2.81. The SMILES string of the molecule is O=S(=O)(Nc1ncccn1)c1ccc(F)cc1Br. The van der Waals surface area contributed by atoms with Gasteiger partial charge in [0.25, 0.3) is 10.0 Å². The molecule has 1 N–H and O–H groups in total. The van der Waals surface area contributed by atoms with Crippen LogP contribution >= 0.6 is 15.9 Å². The summed E-state index contributed by atoms with van der Waals surface area (Å²) in [7, 11) is -3.85. The molecule has 0 spiro atoms. The zero-order chi connectivity index (χ0) is 13.2. The third-order valence-electron chi connectivity index (χ3n) is 1.97. The maximum Gasteiger partial charge on any atom is 0.265 e. The van der Waals surface area contributed by atoms with Gasteiger partial charge in [-0.2, -0.15) is 0 Å². The van der Waals surface area contributed by atoms with Crippen LogP contribution in [0.5, 0.6) is 0 Å². The van der Waals surface area contributed by atoms with E-state index >= 15 is 0 Å². The van der Waals surface area contributed by atoms with Gasteiger partial charge in [0.15, 0.2) is 0 Å². The summed E-state index contributed by atoms with van der Waals surface area (Å²) in [6, 6.07) is 4.85. The van der Waals surface area contributed by atoms with Gasteiger partial charge in [-0.05, 0) is 40.2 Å². The van der Waals surface area contributed by atoms with Crippen LogP contribution in [0.2, 0.25) is 0 Å². The van der Waals surface area contributed by atoms with Crippen molar-refractivity contribution in [3.63, 3.8) is 0 Å². The van der Waals surface area contributed by atoms with Crippen molar-refractivity contribution < 1.29 is 12.8 Å². The van der Waals surface area contributed by atoms with Gasteiger partial charge in [-0.1, -0.05) is 0 Å².